The number of fused-ring (bicyclic) bond motifs is 1. The molecule has 0 N–H and O–H groups in total. The summed E-state index contributed by atoms with van der Waals surface area (Å²) >= 11 is 0. The van der Waals surface area contributed by atoms with Gasteiger partial charge in [0.05, 0.1) is 31.3 Å². The molecule has 3 nitrogen and oxygen atoms in total. The Morgan fingerprint density at radius 1 is 1.54 bits per heavy atom. The molecule has 0 unspecified atom stereocenters. The zero-order chi connectivity index (χ0) is 9.26. The standard InChI is InChI=1S/C10H12N2O/c1-3-8-4-9(13-2)6-12-7-11-5-10(8)12/h4-7H,3H2,1-2H3. The van der Waals surface area contributed by atoms with Crippen molar-refractivity contribution >= 4 is 5.52 Å². The molecule has 2 heterocycles. The van der Waals surface area contributed by atoms with Crippen LogP contribution in [-0.2, 0) is 6.42 Å². The van der Waals surface area contributed by atoms with Crippen LogP contribution in [0, 0.1) is 0 Å². The van der Waals surface area contributed by atoms with Crippen molar-refractivity contribution in [2.75, 3.05) is 7.11 Å². The predicted molar refractivity (Wildman–Crippen MR) is 51.1 cm³/mol. The van der Waals surface area contributed by atoms with Gasteiger partial charge in [-0.1, -0.05) is 6.92 Å². The minimum Gasteiger partial charge on any atom is -0.495 e. The third kappa shape index (κ3) is 1.26. The molecule has 2 rings (SSSR count). The van der Waals surface area contributed by atoms with Crippen LogP contribution in [0.1, 0.15) is 12.5 Å². The number of imidazole rings is 1. The van der Waals surface area contributed by atoms with Crippen LogP contribution in [0.2, 0.25) is 0 Å². The van der Waals surface area contributed by atoms with Crippen molar-refractivity contribution in [1.29, 1.82) is 0 Å². The van der Waals surface area contributed by atoms with Crippen LogP contribution >= 0.6 is 0 Å². The molecule has 2 aromatic heterocycles. The van der Waals surface area contributed by atoms with Gasteiger partial charge in [-0.15, -0.1) is 0 Å². The molecule has 3 heteroatoms. The summed E-state index contributed by atoms with van der Waals surface area (Å²) in [6.45, 7) is 2.13. The molecular formula is C10H12N2O. The summed E-state index contributed by atoms with van der Waals surface area (Å²) < 4.78 is 7.17. The summed E-state index contributed by atoms with van der Waals surface area (Å²) in [6.07, 6.45) is 6.59. The fourth-order valence-corrected chi connectivity index (χ4v) is 1.47. The number of hydrogen-bond donors (Lipinski definition) is 0. The van der Waals surface area contributed by atoms with Crippen LogP contribution in [0.3, 0.4) is 0 Å². The van der Waals surface area contributed by atoms with E-state index in [0.717, 1.165) is 17.7 Å². The highest BCUT2D eigenvalue weighted by molar-refractivity contribution is 5.55. The molecule has 13 heavy (non-hydrogen) atoms. The van der Waals surface area contributed by atoms with Crippen LogP contribution in [0.5, 0.6) is 5.75 Å². The molecule has 2 aromatic rings. The smallest absolute Gasteiger partial charge is 0.135 e. The molecule has 0 aliphatic rings. The number of hydrogen-bond acceptors (Lipinski definition) is 2. The van der Waals surface area contributed by atoms with Crippen LogP contribution < -0.4 is 4.74 Å². The Morgan fingerprint density at radius 2 is 2.38 bits per heavy atom. The van der Waals surface area contributed by atoms with E-state index in [0.29, 0.717) is 0 Å². The van der Waals surface area contributed by atoms with Crippen molar-refractivity contribution in [3.8, 4) is 5.75 Å². The highest BCUT2D eigenvalue weighted by Crippen LogP contribution is 2.18. The van der Waals surface area contributed by atoms with Crippen molar-refractivity contribution in [2.24, 2.45) is 0 Å². The molecule has 0 atom stereocenters. The fourth-order valence-electron chi connectivity index (χ4n) is 1.47. The maximum absolute atomic E-state index is 5.19. The maximum atomic E-state index is 5.19. The Morgan fingerprint density at radius 3 is 3.08 bits per heavy atom. The van der Waals surface area contributed by atoms with Gasteiger partial charge >= 0.3 is 0 Å². The van der Waals surface area contributed by atoms with Crippen LogP contribution in [0.25, 0.3) is 5.52 Å². The number of nitrogens with zero attached hydrogens (tertiary/aromatic N) is 2. The second-order valence-corrected chi connectivity index (χ2v) is 2.94. The van der Waals surface area contributed by atoms with Gasteiger partial charge in [-0.3, -0.25) is 0 Å². The molecule has 68 valence electrons. The average molecular weight is 176 g/mol. The Hall–Kier alpha value is -1.51. The molecule has 0 bridgehead atoms. The number of aryl methyl sites for hydroxylation is 1. The highest BCUT2D eigenvalue weighted by atomic mass is 16.5. The first-order valence-corrected chi connectivity index (χ1v) is 4.33. The van der Waals surface area contributed by atoms with E-state index in [-0.39, 0.29) is 0 Å². The summed E-state index contributed by atoms with van der Waals surface area (Å²) in [5.74, 6) is 0.877. The van der Waals surface area contributed by atoms with Crippen LogP contribution in [0.15, 0.2) is 24.8 Å². The van der Waals surface area contributed by atoms with Gasteiger partial charge in [-0.25, -0.2) is 4.98 Å². The van der Waals surface area contributed by atoms with Gasteiger partial charge in [0.1, 0.15) is 5.75 Å². The zero-order valence-corrected chi connectivity index (χ0v) is 7.82. The molecule has 0 aromatic carbocycles. The summed E-state index contributed by atoms with van der Waals surface area (Å²) in [5.41, 5.74) is 2.42. The Balaban J connectivity index is 2.70. The maximum Gasteiger partial charge on any atom is 0.135 e. The first kappa shape index (κ1) is 8.10. The minimum absolute atomic E-state index is 0.877. The lowest BCUT2D eigenvalue weighted by atomic mass is 10.2. The molecule has 0 aliphatic heterocycles. The second kappa shape index (κ2) is 3.09. The third-order valence-electron chi connectivity index (χ3n) is 2.19. The fraction of sp³-hybridized carbons (Fsp3) is 0.300. The van der Waals surface area contributed by atoms with Crippen molar-refractivity contribution < 1.29 is 4.74 Å². The molecule has 0 radical (unpaired) electrons. The van der Waals surface area contributed by atoms with Crippen molar-refractivity contribution in [2.45, 2.75) is 13.3 Å². The molecule has 0 aliphatic carbocycles. The quantitative estimate of drug-likeness (QED) is 0.698. The van der Waals surface area contributed by atoms with Crippen molar-refractivity contribution in [1.82, 2.24) is 9.38 Å². The van der Waals surface area contributed by atoms with E-state index < -0.39 is 0 Å². The lowest BCUT2D eigenvalue weighted by Gasteiger charge is -2.05. The van der Waals surface area contributed by atoms with E-state index in [4.69, 9.17) is 4.74 Å². The molecule has 0 saturated carbocycles. The number of methoxy groups -OCH3 is 1. The lowest BCUT2D eigenvalue weighted by molar-refractivity contribution is 0.412. The van der Waals surface area contributed by atoms with Crippen molar-refractivity contribution in [3.05, 3.63) is 30.4 Å². The van der Waals surface area contributed by atoms with Crippen molar-refractivity contribution in [3.63, 3.8) is 0 Å². The number of pyridine rings is 1. The van der Waals surface area contributed by atoms with Crippen LogP contribution in [0.4, 0.5) is 0 Å². The molecule has 0 spiro atoms. The summed E-state index contributed by atoms with van der Waals surface area (Å²) in [4.78, 5) is 4.09. The van der Waals surface area contributed by atoms with E-state index in [1.54, 1.807) is 13.4 Å². The first-order chi connectivity index (χ1) is 6.35. The van der Waals surface area contributed by atoms with E-state index >= 15 is 0 Å². The first-order valence-electron chi connectivity index (χ1n) is 4.33. The third-order valence-corrected chi connectivity index (χ3v) is 2.19. The topological polar surface area (TPSA) is 26.5 Å². The van der Waals surface area contributed by atoms with Gasteiger partial charge < -0.3 is 9.14 Å². The van der Waals surface area contributed by atoms with Gasteiger partial charge in [-0.2, -0.15) is 0 Å². The van der Waals surface area contributed by atoms with E-state index in [1.807, 2.05) is 16.8 Å². The second-order valence-electron chi connectivity index (χ2n) is 2.94. The number of ether oxygens (including phenoxy) is 1. The van der Waals surface area contributed by atoms with E-state index in [1.165, 1.54) is 5.56 Å². The average Bonchev–Trinajstić information content (AvgIpc) is 2.63. The molecular weight excluding hydrogens is 164 g/mol. The van der Waals surface area contributed by atoms with E-state index in [2.05, 4.69) is 18.0 Å². The van der Waals surface area contributed by atoms with Gasteiger partial charge in [-0.05, 0) is 18.1 Å². The number of aromatic nitrogens is 2. The minimum atomic E-state index is 0.877. The summed E-state index contributed by atoms with van der Waals surface area (Å²) in [6, 6.07) is 2.05. The monoisotopic (exact) mass is 176 g/mol. The van der Waals surface area contributed by atoms with Crippen LogP contribution in [-0.4, -0.2) is 16.5 Å². The van der Waals surface area contributed by atoms with Gasteiger partial charge in [0.15, 0.2) is 0 Å². The normalized spacial score (nSPS) is 10.6. The highest BCUT2D eigenvalue weighted by Gasteiger charge is 2.02. The SMILES string of the molecule is CCc1cc(OC)cn2cncc12. The van der Waals surface area contributed by atoms with Gasteiger partial charge in [0.2, 0.25) is 0 Å². The largest absolute Gasteiger partial charge is 0.495 e. The Labute approximate surface area is 77.0 Å². The number of rotatable bonds is 2. The van der Waals surface area contributed by atoms with E-state index in [9.17, 15) is 0 Å². The molecule has 0 fully saturated rings. The summed E-state index contributed by atoms with van der Waals surface area (Å²) in [5, 5.41) is 0. The molecule has 0 saturated heterocycles. The predicted octanol–water partition coefficient (Wildman–Crippen LogP) is 1.91. The summed E-state index contributed by atoms with van der Waals surface area (Å²) in [7, 11) is 1.68. The lowest BCUT2D eigenvalue weighted by Crippen LogP contribution is -1.92. The van der Waals surface area contributed by atoms with Gasteiger partial charge in [0.25, 0.3) is 0 Å². The zero-order valence-electron chi connectivity index (χ0n) is 7.82. The Bertz CT molecular complexity index is 420. The van der Waals surface area contributed by atoms with Gasteiger partial charge in [0, 0.05) is 0 Å². The molecule has 0 amide bonds. The Kier molecular flexibility index (Phi) is 1.93.